The molecule has 1 atom stereocenters. The summed E-state index contributed by atoms with van der Waals surface area (Å²) in [6.45, 7) is 5.08. The third-order valence-electron chi connectivity index (χ3n) is 4.29. The van der Waals surface area contributed by atoms with Crippen molar-refractivity contribution in [2.75, 3.05) is 13.1 Å². The summed E-state index contributed by atoms with van der Waals surface area (Å²) < 4.78 is 0. The standard InChI is InChI=1S/C19H22N4S/c1-15-14-24-19(22-15)17(11-20)12-21-18-7-9-23(10-8-18)13-16-5-3-2-4-6-16/h2-6,12,14,17-18H,7-10,13H2,1H3/t17-/m1/s1. The van der Waals surface area contributed by atoms with Gasteiger partial charge >= 0.3 is 0 Å². The second-order valence-corrected chi connectivity index (χ2v) is 7.11. The van der Waals surface area contributed by atoms with Crippen LogP contribution in [0.2, 0.25) is 0 Å². The molecular weight excluding hydrogens is 316 g/mol. The molecule has 3 rings (SSSR count). The molecule has 2 heterocycles. The maximum Gasteiger partial charge on any atom is 0.133 e. The third-order valence-corrected chi connectivity index (χ3v) is 5.34. The van der Waals surface area contributed by atoms with Gasteiger partial charge in [-0.05, 0) is 25.3 Å². The second kappa shape index (κ2) is 8.18. The molecule has 0 saturated carbocycles. The van der Waals surface area contributed by atoms with Crippen molar-refractivity contribution < 1.29 is 0 Å². The first-order valence-electron chi connectivity index (χ1n) is 8.36. The molecule has 24 heavy (non-hydrogen) atoms. The minimum absolute atomic E-state index is 0.314. The van der Waals surface area contributed by atoms with Crippen molar-refractivity contribution >= 4 is 17.6 Å². The van der Waals surface area contributed by atoms with Crippen LogP contribution >= 0.6 is 11.3 Å². The highest BCUT2D eigenvalue weighted by Gasteiger charge is 2.19. The number of rotatable bonds is 5. The normalized spacial score (nSPS) is 17.8. The van der Waals surface area contributed by atoms with Crippen molar-refractivity contribution in [2.45, 2.75) is 38.3 Å². The molecule has 0 unspecified atom stereocenters. The van der Waals surface area contributed by atoms with Crippen LogP contribution in [0.15, 0.2) is 40.7 Å². The average Bonchev–Trinajstić information content (AvgIpc) is 3.04. The van der Waals surface area contributed by atoms with Crippen LogP contribution in [-0.4, -0.2) is 35.2 Å². The summed E-state index contributed by atoms with van der Waals surface area (Å²) in [5.74, 6) is -0.314. The number of hydrogen-bond acceptors (Lipinski definition) is 5. The van der Waals surface area contributed by atoms with E-state index < -0.39 is 0 Å². The predicted molar refractivity (Wildman–Crippen MR) is 98.4 cm³/mol. The van der Waals surface area contributed by atoms with E-state index in [1.807, 2.05) is 12.3 Å². The van der Waals surface area contributed by atoms with Gasteiger partial charge in [0, 0.05) is 36.9 Å². The van der Waals surface area contributed by atoms with Crippen molar-refractivity contribution in [2.24, 2.45) is 4.99 Å². The van der Waals surface area contributed by atoms with Gasteiger partial charge in [0.05, 0.1) is 12.1 Å². The van der Waals surface area contributed by atoms with Gasteiger partial charge in [-0.2, -0.15) is 5.26 Å². The molecule has 1 aliphatic heterocycles. The molecule has 124 valence electrons. The molecule has 1 fully saturated rings. The van der Waals surface area contributed by atoms with Crippen LogP contribution in [0.4, 0.5) is 0 Å². The Morgan fingerprint density at radius 2 is 2.12 bits per heavy atom. The van der Waals surface area contributed by atoms with Crippen molar-refractivity contribution in [1.82, 2.24) is 9.88 Å². The zero-order valence-corrected chi connectivity index (χ0v) is 14.7. The van der Waals surface area contributed by atoms with Crippen LogP contribution in [0.25, 0.3) is 0 Å². The topological polar surface area (TPSA) is 52.3 Å². The van der Waals surface area contributed by atoms with Crippen molar-refractivity contribution in [1.29, 1.82) is 5.26 Å². The number of benzene rings is 1. The lowest BCUT2D eigenvalue weighted by Crippen LogP contribution is -2.34. The number of nitrogens with zero attached hydrogens (tertiary/aromatic N) is 4. The number of piperidine rings is 1. The van der Waals surface area contributed by atoms with Gasteiger partial charge in [0.2, 0.25) is 0 Å². The Morgan fingerprint density at radius 1 is 1.38 bits per heavy atom. The number of likely N-dealkylation sites (tertiary alicyclic amines) is 1. The molecular formula is C19H22N4S. The Hall–Kier alpha value is -2.03. The fourth-order valence-electron chi connectivity index (χ4n) is 2.94. The molecule has 1 aromatic heterocycles. The summed E-state index contributed by atoms with van der Waals surface area (Å²) in [6, 6.07) is 13.2. The zero-order valence-electron chi connectivity index (χ0n) is 13.9. The first kappa shape index (κ1) is 16.8. The SMILES string of the molecule is Cc1csc([C@H](C#N)C=NC2CCN(Cc3ccccc3)CC2)n1. The molecule has 0 aliphatic carbocycles. The Labute approximate surface area is 147 Å². The molecule has 0 radical (unpaired) electrons. The first-order valence-corrected chi connectivity index (χ1v) is 9.24. The monoisotopic (exact) mass is 338 g/mol. The maximum atomic E-state index is 9.34. The molecule has 1 saturated heterocycles. The van der Waals surface area contributed by atoms with Gasteiger partial charge < -0.3 is 0 Å². The van der Waals surface area contributed by atoms with Crippen molar-refractivity contribution in [3.63, 3.8) is 0 Å². The van der Waals surface area contributed by atoms with Crippen LogP contribution in [0.3, 0.4) is 0 Å². The fourth-order valence-corrected chi connectivity index (χ4v) is 3.74. The predicted octanol–water partition coefficient (Wildman–Crippen LogP) is 3.79. The van der Waals surface area contributed by atoms with Gasteiger partial charge in [0.15, 0.2) is 0 Å². The minimum Gasteiger partial charge on any atom is -0.299 e. The lowest BCUT2D eigenvalue weighted by Gasteiger charge is -2.30. The summed E-state index contributed by atoms with van der Waals surface area (Å²) in [7, 11) is 0. The third kappa shape index (κ3) is 4.50. The van der Waals surface area contributed by atoms with Gasteiger partial charge in [-0.25, -0.2) is 4.98 Å². The molecule has 2 aromatic rings. The Kier molecular flexibility index (Phi) is 5.73. The first-order chi connectivity index (χ1) is 11.7. The van der Waals surface area contributed by atoms with E-state index >= 15 is 0 Å². The van der Waals surface area contributed by atoms with Crippen LogP contribution in [-0.2, 0) is 6.54 Å². The van der Waals surface area contributed by atoms with Gasteiger partial charge in [-0.15, -0.1) is 11.3 Å². The fraction of sp³-hybridized carbons (Fsp3) is 0.421. The molecule has 0 bridgehead atoms. The van der Waals surface area contributed by atoms with E-state index in [1.165, 1.54) is 16.9 Å². The van der Waals surface area contributed by atoms with Crippen molar-refractivity contribution in [3.8, 4) is 6.07 Å². The highest BCUT2D eigenvalue weighted by molar-refractivity contribution is 7.09. The lowest BCUT2D eigenvalue weighted by atomic mass is 10.0. The van der Waals surface area contributed by atoms with Gasteiger partial charge in [0.1, 0.15) is 10.9 Å². The quantitative estimate of drug-likeness (QED) is 0.779. The van der Waals surface area contributed by atoms with E-state index in [2.05, 4.69) is 51.3 Å². The van der Waals surface area contributed by atoms with Crippen LogP contribution < -0.4 is 0 Å². The van der Waals surface area contributed by atoms with Crippen LogP contribution in [0, 0.1) is 18.3 Å². The van der Waals surface area contributed by atoms with Gasteiger partial charge in [-0.1, -0.05) is 30.3 Å². The minimum atomic E-state index is -0.314. The highest BCUT2D eigenvalue weighted by Crippen LogP contribution is 2.20. The Bertz CT molecular complexity index is 708. The van der Waals surface area contributed by atoms with Gasteiger partial charge in [-0.3, -0.25) is 9.89 Å². The van der Waals surface area contributed by atoms with Crippen molar-refractivity contribution in [3.05, 3.63) is 52.0 Å². The van der Waals surface area contributed by atoms with E-state index in [-0.39, 0.29) is 5.92 Å². The summed E-state index contributed by atoms with van der Waals surface area (Å²) in [5, 5.41) is 12.2. The molecule has 1 aromatic carbocycles. The lowest BCUT2D eigenvalue weighted by molar-refractivity contribution is 0.206. The molecule has 0 amide bonds. The summed E-state index contributed by atoms with van der Waals surface area (Å²) >= 11 is 1.54. The number of aryl methyl sites for hydroxylation is 1. The largest absolute Gasteiger partial charge is 0.299 e. The molecule has 0 spiro atoms. The van der Waals surface area contributed by atoms with E-state index in [4.69, 9.17) is 0 Å². The van der Waals surface area contributed by atoms with E-state index in [0.29, 0.717) is 6.04 Å². The number of aliphatic imine (C=N–C) groups is 1. The summed E-state index contributed by atoms with van der Waals surface area (Å²) in [5.41, 5.74) is 2.33. The van der Waals surface area contributed by atoms with Crippen LogP contribution in [0.1, 0.15) is 35.0 Å². The summed E-state index contributed by atoms with van der Waals surface area (Å²) in [6.07, 6.45) is 3.91. The van der Waals surface area contributed by atoms with E-state index in [9.17, 15) is 5.26 Å². The molecule has 4 nitrogen and oxygen atoms in total. The Balaban J connectivity index is 1.50. The zero-order chi connectivity index (χ0) is 16.8. The second-order valence-electron chi connectivity index (χ2n) is 6.22. The summed E-state index contributed by atoms with van der Waals surface area (Å²) in [4.78, 5) is 11.6. The number of hydrogen-bond donors (Lipinski definition) is 0. The smallest absolute Gasteiger partial charge is 0.133 e. The van der Waals surface area contributed by atoms with Gasteiger partial charge in [0.25, 0.3) is 0 Å². The maximum absolute atomic E-state index is 9.34. The number of nitriles is 1. The Morgan fingerprint density at radius 3 is 2.75 bits per heavy atom. The number of aromatic nitrogens is 1. The van der Waals surface area contributed by atoms with Crippen LogP contribution in [0.5, 0.6) is 0 Å². The number of thiazole rings is 1. The average molecular weight is 338 g/mol. The molecule has 0 N–H and O–H groups in total. The molecule has 5 heteroatoms. The molecule has 1 aliphatic rings. The van der Waals surface area contributed by atoms with E-state index in [0.717, 1.165) is 43.2 Å². The van der Waals surface area contributed by atoms with E-state index in [1.54, 1.807) is 6.21 Å². The highest BCUT2D eigenvalue weighted by atomic mass is 32.1.